The Balaban J connectivity index is 1.25. The number of likely N-dealkylation sites (tertiary alicyclic amines) is 1. The molecule has 4 aromatic heterocycles. The average molecular weight is 742 g/mol. The first kappa shape index (κ1) is 37.7. The Kier molecular flexibility index (Phi) is 11.3. The van der Waals surface area contributed by atoms with Crippen molar-refractivity contribution in [3.05, 3.63) is 67.1 Å². The topological polar surface area (TPSA) is 135 Å². The number of benzene rings is 1. The average Bonchev–Trinajstić information content (AvgIpc) is 3.81. The van der Waals surface area contributed by atoms with E-state index >= 15 is 0 Å². The normalized spacial score (nSPS) is 14.1. The van der Waals surface area contributed by atoms with E-state index in [-0.39, 0.29) is 12.1 Å². The minimum atomic E-state index is -1.21. The summed E-state index contributed by atoms with van der Waals surface area (Å²) in [4.78, 5) is 35.8. The van der Waals surface area contributed by atoms with E-state index in [0.717, 1.165) is 36.0 Å². The highest BCUT2D eigenvalue weighted by atomic mass is 28.3. The fourth-order valence-electron chi connectivity index (χ4n) is 6.03. The number of fused-ring (bicyclic) bond motifs is 1. The van der Waals surface area contributed by atoms with Crippen LogP contribution in [-0.4, -0.2) is 92.9 Å². The summed E-state index contributed by atoms with van der Waals surface area (Å²) in [6, 6.07) is 10.8. The third-order valence-corrected chi connectivity index (χ3v) is 10.7. The van der Waals surface area contributed by atoms with Gasteiger partial charge in [-0.15, -0.1) is 0 Å². The maximum Gasteiger partial charge on any atom is 0.410 e. The molecule has 6 rings (SSSR count). The molecule has 5 heterocycles. The lowest BCUT2D eigenvalue weighted by molar-refractivity contribution is 0.0184. The number of rotatable bonds is 13. The molecule has 14 nitrogen and oxygen atoms in total. The number of imidazole rings is 1. The van der Waals surface area contributed by atoms with Crippen LogP contribution in [0.5, 0.6) is 11.5 Å². The summed E-state index contributed by atoms with van der Waals surface area (Å²) in [5.41, 5.74) is 2.96. The summed E-state index contributed by atoms with van der Waals surface area (Å²) >= 11 is 0. The van der Waals surface area contributed by atoms with Gasteiger partial charge in [0.15, 0.2) is 5.65 Å². The SMILES string of the molecule is COc1cc(OC)cc(N(Cc2nccn2COCC[Si](C)(C)C)c2ccc3ncc(-c4cnn(C5CCN(C(=O)OC(C)(C)C)CC5)c4)nc3n2)c1. The summed E-state index contributed by atoms with van der Waals surface area (Å²) < 4.78 is 26.9. The zero-order chi connectivity index (χ0) is 37.8. The van der Waals surface area contributed by atoms with E-state index in [1.807, 2.05) is 72.7 Å². The van der Waals surface area contributed by atoms with Gasteiger partial charge >= 0.3 is 6.09 Å². The second kappa shape index (κ2) is 15.9. The number of piperidine rings is 1. The monoisotopic (exact) mass is 741 g/mol. The van der Waals surface area contributed by atoms with Crippen molar-refractivity contribution >= 4 is 36.8 Å². The van der Waals surface area contributed by atoms with Gasteiger partial charge in [0.2, 0.25) is 0 Å². The summed E-state index contributed by atoms with van der Waals surface area (Å²) in [5, 5.41) is 4.68. The van der Waals surface area contributed by atoms with Gasteiger partial charge in [-0.25, -0.2) is 19.7 Å². The molecular weight excluding hydrogens is 691 g/mol. The molecule has 1 aliphatic heterocycles. The van der Waals surface area contributed by atoms with Crippen molar-refractivity contribution in [2.24, 2.45) is 0 Å². The second-order valence-corrected chi connectivity index (χ2v) is 21.1. The Morgan fingerprint density at radius 1 is 0.981 bits per heavy atom. The molecule has 0 bridgehead atoms. The fraction of sp³-hybridized carbons (Fsp3) is 0.474. The van der Waals surface area contributed by atoms with Crippen LogP contribution in [0.4, 0.5) is 16.3 Å². The molecule has 0 aliphatic carbocycles. The summed E-state index contributed by atoms with van der Waals surface area (Å²) in [6.45, 7) is 15.4. The first-order valence-electron chi connectivity index (χ1n) is 18.0. The maximum absolute atomic E-state index is 12.6. The zero-order valence-electron chi connectivity index (χ0n) is 32.1. The van der Waals surface area contributed by atoms with Gasteiger partial charge in [-0.05, 0) is 51.8 Å². The van der Waals surface area contributed by atoms with E-state index in [0.29, 0.717) is 67.1 Å². The van der Waals surface area contributed by atoms with E-state index < -0.39 is 13.7 Å². The van der Waals surface area contributed by atoms with Crippen LogP contribution in [0.1, 0.15) is 45.5 Å². The number of methoxy groups -OCH3 is 2. The van der Waals surface area contributed by atoms with Gasteiger partial charge in [-0.1, -0.05) is 19.6 Å². The van der Waals surface area contributed by atoms with Crippen molar-refractivity contribution in [1.29, 1.82) is 0 Å². The molecule has 0 unspecified atom stereocenters. The van der Waals surface area contributed by atoms with Crippen LogP contribution in [0.2, 0.25) is 25.7 Å². The Morgan fingerprint density at radius 3 is 2.40 bits per heavy atom. The Morgan fingerprint density at radius 2 is 1.72 bits per heavy atom. The molecule has 1 aromatic carbocycles. The van der Waals surface area contributed by atoms with Crippen molar-refractivity contribution < 1.29 is 23.7 Å². The molecule has 0 N–H and O–H groups in total. The van der Waals surface area contributed by atoms with E-state index in [2.05, 4.69) is 29.6 Å². The second-order valence-electron chi connectivity index (χ2n) is 15.5. The smallest absolute Gasteiger partial charge is 0.410 e. The van der Waals surface area contributed by atoms with Crippen LogP contribution < -0.4 is 14.4 Å². The van der Waals surface area contributed by atoms with Gasteiger partial charge in [0.25, 0.3) is 0 Å². The number of nitrogens with zero attached hydrogens (tertiary/aromatic N) is 9. The number of anilines is 2. The van der Waals surface area contributed by atoms with Gasteiger partial charge in [-0.3, -0.25) is 9.67 Å². The minimum absolute atomic E-state index is 0.160. The van der Waals surface area contributed by atoms with Gasteiger partial charge in [0, 0.05) is 70.1 Å². The summed E-state index contributed by atoms with van der Waals surface area (Å²) in [6.07, 6.45) is 10.6. The van der Waals surface area contributed by atoms with Crippen LogP contribution in [0.25, 0.3) is 22.4 Å². The molecule has 0 saturated carbocycles. The molecule has 1 fully saturated rings. The Bertz CT molecular complexity index is 1990. The number of aromatic nitrogens is 7. The van der Waals surface area contributed by atoms with Crippen molar-refractivity contribution in [3.8, 4) is 22.8 Å². The third-order valence-electron chi connectivity index (χ3n) is 9.03. The van der Waals surface area contributed by atoms with Crippen LogP contribution in [0.3, 0.4) is 0 Å². The number of carbonyl (C=O) groups excluding carboxylic acids is 1. The minimum Gasteiger partial charge on any atom is -0.497 e. The fourth-order valence-corrected chi connectivity index (χ4v) is 6.79. The Labute approximate surface area is 312 Å². The number of carbonyl (C=O) groups is 1. The van der Waals surface area contributed by atoms with E-state index in [1.165, 1.54) is 0 Å². The van der Waals surface area contributed by atoms with Gasteiger partial charge in [0.1, 0.15) is 41.0 Å². The lowest BCUT2D eigenvalue weighted by atomic mass is 10.1. The maximum atomic E-state index is 12.6. The highest BCUT2D eigenvalue weighted by molar-refractivity contribution is 6.76. The molecule has 0 atom stereocenters. The number of hydrogen-bond acceptors (Lipinski definition) is 11. The van der Waals surface area contributed by atoms with Gasteiger partial charge in [-0.2, -0.15) is 5.10 Å². The molecule has 5 aromatic rings. The van der Waals surface area contributed by atoms with E-state index in [4.69, 9.17) is 38.9 Å². The predicted molar refractivity (Wildman–Crippen MR) is 206 cm³/mol. The lowest BCUT2D eigenvalue weighted by Crippen LogP contribution is -2.42. The highest BCUT2D eigenvalue weighted by Crippen LogP contribution is 2.34. The van der Waals surface area contributed by atoms with E-state index in [1.54, 1.807) is 37.7 Å². The summed E-state index contributed by atoms with van der Waals surface area (Å²) in [5.74, 6) is 2.77. The van der Waals surface area contributed by atoms with Crippen molar-refractivity contribution in [3.63, 3.8) is 0 Å². The lowest BCUT2D eigenvalue weighted by Gasteiger charge is -2.33. The largest absolute Gasteiger partial charge is 0.497 e. The standard InChI is InChI=1S/C38H51N9O5Si/c1-38(2,3)52-37(48)44-14-11-28(12-15-44)47-24-27(22-41-47)33-23-40-32-9-10-34(43-36(32)42-33)46(29-19-30(49-4)21-31(20-29)50-5)25-35-39-13-16-45(35)26-51-17-18-53(6,7)8/h9-10,13,16,19-24,28H,11-12,14-15,17-18,25-26H2,1-8H3. The van der Waals surface area contributed by atoms with Crippen LogP contribution >= 0.6 is 0 Å². The van der Waals surface area contributed by atoms with Crippen molar-refractivity contribution in [2.45, 2.75) is 84.2 Å². The molecule has 282 valence electrons. The molecule has 0 radical (unpaired) electrons. The number of hydrogen-bond donors (Lipinski definition) is 0. The molecule has 53 heavy (non-hydrogen) atoms. The third kappa shape index (κ3) is 9.70. The quantitative estimate of drug-likeness (QED) is 0.0887. The van der Waals surface area contributed by atoms with E-state index in [9.17, 15) is 4.79 Å². The number of ether oxygens (including phenoxy) is 4. The molecule has 1 amide bonds. The molecule has 1 saturated heterocycles. The number of pyridine rings is 1. The zero-order valence-corrected chi connectivity index (χ0v) is 33.1. The van der Waals surface area contributed by atoms with Crippen LogP contribution in [-0.2, 0) is 22.7 Å². The summed E-state index contributed by atoms with van der Waals surface area (Å²) in [7, 11) is 2.05. The molecule has 15 heteroatoms. The van der Waals surface area contributed by atoms with Crippen LogP contribution in [0.15, 0.2) is 61.3 Å². The molecule has 1 aliphatic rings. The Hall–Kier alpha value is -5.02. The molecule has 0 spiro atoms. The number of amides is 1. The first-order chi connectivity index (χ1) is 25.3. The molecular formula is C38H51N9O5Si. The van der Waals surface area contributed by atoms with Gasteiger partial charge < -0.3 is 33.3 Å². The first-order valence-corrected chi connectivity index (χ1v) is 21.7. The van der Waals surface area contributed by atoms with Gasteiger partial charge in [0.05, 0.1) is 50.6 Å². The predicted octanol–water partition coefficient (Wildman–Crippen LogP) is 7.32. The van der Waals surface area contributed by atoms with Crippen molar-refractivity contribution in [2.75, 3.05) is 38.8 Å². The highest BCUT2D eigenvalue weighted by Gasteiger charge is 2.28. The van der Waals surface area contributed by atoms with Crippen molar-refractivity contribution in [1.82, 2.24) is 39.2 Å². The van der Waals surface area contributed by atoms with Crippen LogP contribution in [0, 0.1) is 0 Å².